The van der Waals surface area contributed by atoms with Gasteiger partial charge < -0.3 is 15.4 Å². The molecule has 0 unspecified atom stereocenters. The molecule has 0 spiro atoms. The first-order chi connectivity index (χ1) is 16.9. The number of hydrogen-bond acceptors (Lipinski definition) is 5. The van der Waals surface area contributed by atoms with Crippen LogP contribution in [0.1, 0.15) is 10.4 Å². The molecule has 0 atom stereocenters. The zero-order valence-corrected chi connectivity index (χ0v) is 18.3. The number of rotatable bonds is 7. The maximum atomic E-state index is 13.3. The summed E-state index contributed by atoms with van der Waals surface area (Å²) in [6.45, 7) is -0.966. The lowest BCUT2D eigenvalue weighted by Gasteiger charge is -2.11. The molecule has 9 heteroatoms. The van der Waals surface area contributed by atoms with Crippen LogP contribution < -0.4 is 10.6 Å². The summed E-state index contributed by atoms with van der Waals surface area (Å²) in [5, 5.41) is 5.38. The topological polar surface area (TPSA) is 97.4 Å². The molecular weight excluding hydrogens is 456 g/mol. The minimum absolute atomic E-state index is 0.191. The van der Waals surface area contributed by atoms with Crippen LogP contribution in [0.3, 0.4) is 0 Å². The summed E-state index contributed by atoms with van der Waals surface area (Å²) < 4.78 is 31.4. The van der Waals surface area contributed by atoms with E-state index in [0.717, 1.165) is 0 Å². The Morgan fingerprint density at radius 1 is 0.829 bits per heavy atom. The number of nitrogens with one attached hydrogen (secondary N) is 2. The van der Waals surface area contributed by atoms with Gasteiger partial charge in [-0.3, -0.25) is 9.59 Å². The number of carbonyl (C=O) groups is 3. The van der Waals surface area contributed by atoms with Gasteiger partial charge in [0.2, 0.25) is 5.91 Å². The van der Waals surface area contributed by atoms with Crippen LogP contribution in [0.15, 0.2) is 78.9 Å². The Balaban J connectivity index is 1.40. The summed E-state index contributed by atoms with van der Waals surface area (Å²) in [5.74, 6) is -2.79. The van der Waals surface area contributed by atoms with E-state index in [0.29, 0.717) is 27.8 Å². The van der Waals surface area contributed by atoms with E-state index < -0.39 is 36.0 Å². The second-order valence-corrected chi connectivity index (χ2v) is 7.49. The second kappa shape index (κ2) is 10.5. The fourth-order valence-electron chi connectivity index (χ4n) is 3.29. The van der Waals surface area contributed by atoms with E-state index in [4.69, 9.17) is 4.74 Å². The average molecular weight is 475 g/mol. The SMILES string of the molecule is O=C(COC(=O)c1cc(-c2ccc(F)cc2)nc2ccccc12)NCC(=O)Nc1ccc(F)cc1. The van der Waals surface area contributed by atoms with Gasteiger partial charge in [-0.2, -0.15) is 0 Å². The molecule has 176 valence electrons. The van der Waals surface area contributed by atoms with Crippen LogP contribution in [0.4, 0.5) is 14.5 Å². The molecule has 0 saturated carbocycles. The number of benzene rings is 3. The van der Waals surface area contributed by atoms with Crippen LogP contribution in [-0.2, 0) is 14.3 Å². The fraction of sp³-hybridized carbons (Fsp3) is 0.0769. The predicted molar refractivity (Wildman–Crippen MR) is 125 cm³/mol. The smallest absolute Gasteiger partial charge is 0.339 e. The Kier molecular flexibility index (Phi) is 7.06. The Morgan fingerprint density at radius 2 is 1.49 bits per heavy atom. The third-order valence-electron chi connectivity index (χ3n) is 4.98. The monoisotopic (exact) mass is 475 g/mol. The molecule has 0 radical (unpaired) electrons. The number of halogens is 2. The van der Waals surface area contributed by atoms with Crippen molar-refractivity contribution in [2.45, 2.75) is 0 Å². The highest BCUT2D eigenvalue weighted by Gasteiger charge is 2.17. The van der Waals surface area contributed by atoms with Crippen molar-refractivity contribution in [1.29, 1.82) is 0 Å². The quantitative estimate of drug-likeness (QED) is 0.393. The van der Waals surface area contributed by atoms with E-state index in [9.17, 15) is 23.2 Å². The van der Waals surface area contributed by atoms with Crippen molar-refractivity contribution >= 4 is 34.4 Å². The average Bonchev–Trinajstić information content (AvgIpc) is 2.87. The first kappa shape index (κ1) is 23.5. The lowest BCUT2D eigenvalue weighted by atomic mass is 10.0. The number of amides is 2. The van der Waals surface area contributed by atoms with Crippen LogP contribution in [0.25, 0.3) is 22.2 Å². The summed E-state index contributed by atoms with van der Waals surface area (Å²) in [5.41, 5.74) is 2.15. The number of nitrogens with zero attached hydrogens (tertiary/aromatic N) is 1. The molecule has 3 aromatic carbocycles. The number of pyridine rings is 1. The van der Waals surface area contributed by atoms with E-state index in [1.165, 1.54) is 42.5 Å². The zero-order valence-electron chi connectivity index (χ0n) is 18.3. The van der Waals surface area contributed by atoms with Gasteiger partial charge in [-0.05, 0) is 60.7 Å². The molecule has 0 aliphatic carbocycles. The van der Waals surface area contributed by atoms with Crippen molar-refractivity contribution in [1.82, 2.24) is 10.3 Å². The number of anilines is 1. The highest BCUT2D eigenvalue weighted by molar-refractivity contribution is 6.05. The summed E-state index contributed by atoms with van der Waals surface area (Å²) in [4.78, 5) is 41.4. The summed E-state index contributed by atoms with van der Waals surface area (Å²) in [6.07, 6.45) is 0. The van der Waals surface area contributed by atoms with Gasteiger partial charge in [0, 0.05) is 16.6 Å². The normalized spacial score (nSPS) is 10.6. The maximum absolute atomic E-state index is 13.3. The van der Waals surface area contributed by atoms with Crippen molar-refractivity contribution in [2.24, 2.45) is 0 Å². The van der Waals surface area contributed by atoms with Crippen LogP contribution in [0, 0.1) is 11.6 Å². The van der Waals surface area contributed by atoms with Gasteiger partial charge in [0.1, 0.15) is 11.6 Å². The molecule has 1 heterocycles. The Hall–Kier alpha value is -4.66. The van der Waals surface area contributed by atoms with Crippen LogP contribution in [0.2, 0.25) is 0 Å². The zero-order chi connectivity index (χ0) is 24.8. The van der Waals surface area contributed by atoms with Crippen molar-refractivity contribution in [2.75, 3.05) is 18.5 Å². The Labute approximate surface area is 198 Å². The number of carbonyl (C=O) groups excluding carboxylic acids is 3. The maximum Gasteiger partial charge on any atom is 0.339 e. The van der Waals surface area contributed by atoms with E-state index in [1.54, 1.807) is 36.4 Å². The van der Waals surface area contributed by atoms with Crippen LogP contribution in [-0.4, -0.2) is 35.9 Å². The summed E-state index contributed by atoms with van der Waals surface area (Å²) in [7, 11) is 0. The third kappa shape index (κ3) is 6.02. The third-order valence-corrected chi connectivity index (χ3v) is 4.98. The molecule has 4 rings (SSSR count). The van der Waals surface area contributed by atoms with Crippen molar-refractivity contribution in [3.8, 4) is 11.3 Å². The lowest BCUT2D eigenvalue weighted by Crippen LogP contribution is -2.35. The minimum Gasteiger partial charge on any atom is -0.452 e. The van der Waals surface area contributed by atoms with E-state index in [2.05, 4.69) is 15.6 Å². The van der Waals surface area contributed by atoms with Gasteiger partial charge in [0.05, 0.1) is 23.3 Å². The number of hydrogen-bond donors (Lipinski definition) is 2. The number of aromatic nitrogens is 1. The van der Waals surface area contributed by atoms with Crippen molar-refractivity contribution < 1.29 is 27.9 Å². The van der Waals surface area contributed by atoms with Gasteiger partial charge in [0.25, 0.3) is 5.91 Å². The van der Waals surface area contributed by atoms with E-state index >= 15 is 0 Å². The van der Waals surface area contributed by atoms with Crippen molar-refractivity contribution in [3.63, 3.8) is 0 Å². The molecule has 1 aromatic heterocycles. The summed E-state index contributed by atoms with van der Waals surface area (Å²) >= 11 is 0. The highest BCUT2D eigenvalue weighted by Crippen LogP contribution is 2.25. The lowest BCUT2D eigenvalue weighted by molar-refractivity contribution is -0.126. The molecule has 35 heavy (non-hydrogen) atoms. The molecule has 0 aliphatic heterocycles. The highest BCUT2D eigenvalue weighted by atomic mass is 19.1. The van der Waals surface area contributed by atoms with E-state index in [-0.39, 0.29) is 12.1 Å². The molecule has 0 bridgehead atoms. The standard InChI is InChI=1S/C26H19F2N3O4/c27-17-7-5-16(6-8-17)23-13-21(20-3-1-2-4-22(20)31-23)26(34)35-15-25(33)29-14-24(32)30-19-11-9-18(28)10-12-19/h1-13H,14-15H2,(H,29,33)(H,30,32). The molecule has 0 fully saturated rings. The van der Waals surface area contributed by atoms with Crippen molar-refractivity contribution in [3.05, 3.63) is 96.1 Å². The number of fused-ring (bicyclic) bond motifs is 1. The van der Waals surface area contributed by atoms with Gasteiger partial charge in [0.15, 0.2) is 6.61 Å². The Bertz CT molecular complexity index is 1390. The molecule has 0 aliphatic rings. The summed E-state index contributed by atoms with van der Waals surface area (Å²) in [6, 6.07) is 19.3. The number of esters is 1. The molecular formula is C26H19F2N3O4. The number of para-hydroxylation sites is 1. The molecule has 4 aromatic rings. The molecule has 2 N–H and O–H groups in total. The van der Waals surface area contributed by atoms with Gasteiger partial charge >= 0.3 is 5.97 Å². The van der Waals surface area contributed by atoms with E-state index in [1.807, 2.05) is 0 Å². The largest absolute Gasteiger partial charge is 0.452 e. The van der Waals surface area contributed by atoms with Gasteiger partial charge in [-0.15, -0.1) is 0 Å². The molecule has 7 nitrogen and oxygen atoms in total. The van der Waals surface area contributed by atoms with Gasteiger partial charge in [-0.25, -0.2) is 18.6 Å². The van der Waals surface area contributed by atoms with Crippen LogP contribution >= 0.6 is 0 Å². The predicted octanol–water partition coefficient (Wildman–Crippen LogP) is 4.09. The second-order valence-electron chi connectivity index (χ2n) is 7.49. The van der Waals surface area contributed by atoms with Gasteiger partial charge in [-0.1, -0.05) is 18.2 Å². The fourth-order valence-corrected chi connectivity index (χ4v) is 3.29. The minimum atomic E-state index is -0.752. The Morgan fingerprint density at radius 3 is 2.20 bits per heavy atom. The number of ether oxygens (including phenoxy) is 1. The first-order valence-electron chi connectivity index (χ1n) is 10.5. The molecule has 0 saturated heterocycles. The van der Waals surface area contributed by atoms with Crippen LogP contribution in [0.5, 0.6) is 0 Å². The molecule has 2 amide bonds. The first-order valence-corrected chi connectivity index (χ1v) is 10.5.